The van der Waals surface area contributed by atoms with Gasteiger partial charge in [0.05, 0.1) is 11.8 Å². The number of carbonyl (C=O) groups is 2. The summed E-state index contributed by atoms with van der Waals surface area (Å²) in [5, 5.41) is 3.41. The SMILES string of the molecule is CC(C)(C)CCC(c1ccc(C(=O)NCCS(=O)(=O)O)cc1)N1C(=O)C(c2cc(Cl)cc(Cl)c2)=NC12CCCC(C(C)(C)C)CC2. The summed E-state index contributed by atoms with van der Waals surface area (Å²) in [4.78, 5) is 34.7. The van der Waals surface area contributed by atoms with Crippen molar-refractivity contribution in [1.29, 1.82) is 0 Å². The third-order valence-electron chi connectivity index (χ3n) is 9.26. The van der Waals surface area contributed by atoms with Crippen LogP contribution in [0.2, 0.25) is 10.0 Å². The lowest BCUT2D eigenvalue weighted by atomic mass is 9.76. The quantitative estimate of drug-likeness (QED) is 0.258. The Hall–Kier alpha value is -2.46. The summed E-state index contributed by atoms with van der Waals surface area (Å²) in [6.07, 6.45) is 5.96. The zero-order valence-electron chi connectivity index (χ0n) is 27.7. The van der Waals surface area contributed by atoms with Gasteiger partial charge in [-0.05, 0) is 97.6 Å². The molecule has 0 saturated heterocycles. The summed E-state index contributed by atoms with van der Waals surface area (Å²) >= 11 is 12.8. The number of aliphatic imine (C=N–C) groups is 1. The minimum atomic E-state index is -4.19. The van der Waals surface area contributed by atoms with Crippen molar-refractivity contribution < 1.29 is 22.6 Å². The van der Waals surface area contributed by atoms with E-state index in [1.807, 2.05) is 17.0 Å². The third-order valence-corrected chi connectivity index (χ3v) is 10.4. The van der Waals surface area contributed by atoms with Crippen LogP contribution in [0, 0.1) is 16.7 Å². The first kappa shape index (κ1) is 36.4. The molecule has 3 atom stereocenters. The minimum absolute atomic E-state index is 0.00596. The second-order valence-corrected chi connectivity index (χ2v) is 17.5. The summed E-state index contributed by atoms with van der Waals surface area (Å²) in [5.74, 6) is -0.675. The number of hydrogen-bond donors (Lipinski definition) is 2. The average molecular weight is 693 g/mol. The molecular formula is C35H47Cl2N3O5S. The van der Waals surface area contributed by atoms with Crippen LogP contribution in [0.1, 0.15) is 114 Å². The Bertz CT molecular complexity index is 1560. The molecule has 252 valence electrons. The normalized spacial score (nSPS) is 21.7. The Morgan fingerprint density at radius 3 is 2.24 bits per heavy atom. The fraction of sp³-hybridized carbons (Fsp3) is 0.571. The third kappa shape index (κ3) is 9.12. The molecule has 2 amide bonds. The van der Waals surface area contributed by atoms with Gasteiger partial charge in [0.1, 0.15) is 11.4 Å². The Kier molecular flexibility index (Phi) is 11.0. The van der Waals surface area contributed by atoms with Crippen LogP contribution in [0.5, 0.6) is 0 Å². The number of amides is 2. The van der Waals surface area contributed by atoms with Gasteiger partial charge in [-0.3, -0.25) is 19.1 Å². The van der Waals surface area contributed by atoms with Crippen molar-refractivity contribution >= 4 is 50.8 Å². The van der Waals surface area contributed by atoms with Gasteiger partial charge in [0.2, 0.25) is 0 Å². The Labute approximate surface area is 284 Å². The van der Waals surface area contributed by atoms with Gasteiger partial charge in [-0.2, -0.15) is 8.42 Å². The van der Waals surface area contributed by atoms with Crippen LogP contribution in [-0.4, -0.2) is 53.4 Å². The van der Waals surface area contributed by atoms with Crippen LogP contribution in [0.3, 0.4) is 0 Å². The van der Waals surface area contributed by atoms with E-state index < -0.39 is 27.4 Å². The van der Waals surface area contributed by atoms with Gasteiger partial charge < -0.3 is 10.2 Å². The van der Waals surface area contributed by atoms with Crippen molar-refractivity contribution in [3.8, 4) is 0 Å². The van der Waals surface area contributed by atoms with Crippen molar-refractivity contribution in [3.05, 3.63) is 69.2 Å². The number of benzene rings is 2. The number of rotatable bonds is 9. The van der Waals surface area contributed by atoms with E-state index in [2.05, 4.69) is 46.9 Å². The summed E-state index contributed by atoms with van der Waals surface area (Å²) in [5.41, 5.74) is 1.62. The molecule has 2 aliphatic rings. The smallest absolute Gasteiger partial charge is 0.275 e. The zero-order valence-corrected chi connectivity index (χ0v) is 30.0. The summed E-state index contributed by atoms with van der Waals surface area (Å²) in [7, 11) is -4.19. The Morgan fingerprint density at radius 1 is 1.04 bits per heavy atom. The number of nitrogens with zero attached hydrogens (tertiary/aromatic N) is 2. The van der Waals surface area contributed by atoms with Gasteiger partial charge >= 0.3 is 0 Å². The number of halogens is 2. The van der Waals surface area contributed by atoms with E-state index >= 15 is 0 Å². The highest BCUT2D eigenvalue weighted by Crippen LogP contribution is 2.49. The molecule has 0 bridgehead atoms. The maximum atomic E-state index is 14.7. The van der Waals surface area contributed by atoms with Crippen molar-refractivity contribution in [2.24, 2.45) is 21.7 Å². The molecule has 1 aliphatic carbocycles. The molecule has 2 aromatic rings. The summed E-state index contributed by atoms with van der Waals surface area (Å²) in [6, 6.07) is 11.9. The van der Waals surface area contributed by atoms with E-state index in [-0.39, 0.29) is 29.3 Å². The number of carbonyl (C=O) groups excluding carboxylic acids is 2. The highest BCUT2D eigenvalue weighted by Gasteiger charge is 2.51. The lowest BCUT2D eigenvalue weighted by Gasteiger charge is -2.42. The van der Waals surface area contributed by atoms with Gasteiger partial charge in [0, 0.05) is 27.7 Å². The zero-order chi connectivity index (χ0) is 34.1. The first-order valence-electron chi connectivity index (χ1n) is 16.0. The van der Waals surface area contributed by atoms with Crippen LogP contribution in [0.25, 0.3) is 0 Å². The molecule has 2 aromatic carbocycles. The Balaban J connectivity index is 1.76. The van der Waals surface area contributed by atoms with Crippen molar-refractivity contribution in [3.63, 3.8) is 0 Å². The fourth-order valence-electron chi connectivity index (χ4n) is 6.71. The predicted molar refractivity (Wildman–Crippen MR) is 185 cm³/mol. The van der Waals surface area contributed by atoms with E-state index in [9.17, 15) is 18.0 Å². The monoisotopic (exact) mass is 691 g/mol. The molecule has 4 rings (SSSR count). The summed E-state index contributed by atoms with van der Waals surface area (Å²) < 4.78 is 31.1. The lowest BCUT2D eigenvalue weighted by molar-refractivity contribution is -0.132. The van der Waals surface area contributed by atoms with Crippen molar-refractivity contribution in [1.82, 2.24) is 10.2 Å². The number of nitrogens with one attached hydrogen (secondary N) is 1. The topological polar surface area (TPSA) is 116 Å². The standard InChI is InChI=1S/C35H47Cl2N3O5S/c1-33(2,3)16-14-29(23-9-11-24(12-10-23)31(41)38-18-19-46(43,44)45)40-32(42)30(25-20-27(36)22-28(37)21-25)39-35(40)15-7-8-26(13-17-35)34(4,5)6/h9-12,20-22,26,29H,7-8,13-19H2,1-6H3,(H,38,41)(H,43,44,45). The second-order valence-electron chi connectivity index (χ2n) is 15.0. The molecule has 46 heavy (non-hydrogen) atoms. The van der Waals surface area contributed by atoms with Gasteiger partial charge in [-0.15, -0.1) is 0 Å². The molecule has 0 radical (unpaired) electrons. The predicted octanol–water partition coefficient (Wildman–Crippen LogP) is 8.13. The van der Waals surface area contributed by atoms with Gasteiger partial charge in [-0.1, -0.05) is 76.9 Å². The van der Waals surface area contributed by atoms with Crippen molar-refractivity contribution in [2.75, 3.05) is 12.3 Å². The number of hydrogen-bond acceptors (Lipinski definition) is 5. The second kappa shape index (κ2) is 14.0. The molecule has 1 heterocycles. The molecular weight excluding hydrogens is 645 g/mol. The highest BCUT2D eigenvalue weighted by atomic mass is 35.5. The maximum absolute atomic E-state index is 14.7. The molecule has 1 aliphatic heterocycles. The summed E-state index contributed by atoms with van der Waals surface area (Å²) in [6.45, 7) is 13.2. The van der Waals surface area contributed by atoms with Crippen LogP contribution in [0.15, 0.2) is 47.5 Å². The molecule has 2 N–H and O–H groups in total. The molecule has 1 spiro atoms. The van der Waals surface area contributed by atoms with Crippen molar-refractivity contribution in [2.45, 2.75) is 98.2 Å². The van der Waals surface area contributed by atoms with E-state index in [0.717, 1.165) is 44.1 Å². The van der Waals surface area contributed by atoms with E-state index in [4.69, 9.17) is 32.7 Å². The minimum Gasteiger partial charge on any atom is -0.351 e. The van der Waals surface area contributed by atoms with Gasteiger partial charge in [0.25, 0.3) is 21.9 Å². The molecule has 1 saturated carbocycles. The molecule has 3 unspecified atom stereocenters. The molecule has 8 nitrogen and oxygen atoms in total. The first-order valence-corrected chi connectivity index (χ1v) is 18.4. The molecule has 1 fully saturated rings. The maximum Gasteiger partial charge on any atom is 0.275 e. The first-order chi connectivity index (χ1) is 21.3. The highest BCUT2D eigenvalue weighted by molar-refractivity contribution is 7.85. The van der Waals surface area contributed by atoms with E-state index in [1.54, 1.807) is 30.3 Å². The Morgan fingerprint density at radius 2 is 1.67 bits per heavy atom. The van der Waals surface area contributed by atoms with Crippen LogP contribution < -0.4 is 5.32 Å². The largest absolute Gasteiger partial charge is 0.351 e. The lowest BCUT2D eigenvalue weighted by Crippen LogP contribution is -2.49. The molecule has 0 aromatic heterocycles. The molecule has 11 heteroatoms. The van der Waals surface area contributed by atoms with Crippen LogP contribution >= 0.6 is 23.2 Å². The average Bonchev–Trinajstić information content (AvgIpc) is 3.05. The van der Waals surface area contributed by atoms with E-state index in [1.165, 1.54) is 0 Å². The fourth-order valence-corrected chi connectivity index (χ4v) is 7.60. The van der Waals surface area contributed by atoms with Gasteiger partial charge in [0.15, 0.2) is 0 Å². The van der Waals surface area contributed by atoms with Crippen LogP contribution in [0.4, 0.5) is 0 Å². The van der Waals surface area contributed by atoms with E-state index in [0.29, 0.717) is 39.2 Å². The van der Waals surface area contributed by atoms with Gasteiger partial charge in [-0.25, -0.2) is 0 Å². The van der Waals surface area contributed by atoms with Crippen LogP contribution in [-0.2, 0) is 14.9 Å².